The van der Waals surface area contributed by atoms with Crippen molar-refractivity contribution in [2.24, 2.45) is 5.11 Å². The number of likely N-dealkylation sites (tertiary alicyclic amines) is 1. The molecular weight excluding hydrogens is 506 g/mol. The highest BCUT2D eigenvalue weighted by atomic mass is 16.5. The van der Waals surface area contributed by atoms with Crippen molar-refractivity contribution in [1.29, 1.82) is 5.41 Å². The first-order valence-corrected chi connectivity index (χ1v) is 13.0. The minimum Gasteiger partial charge on any atom is -0.487 e. The normalized spacial score (nSPS) is 14.8. The van der Waals surface area contributed by atoms with Crippen molar-refractivity contribution in [2.45, 2.75) is 18.4 Å². The highest BCUT2D eigenvalue weighted by molar-refractivity contribution is 5.95. The number of fused-ring (bicyclic) bond motifs is 4. The van der Waals surface area contributed by atoms with E-state index in [-0.39, 0.29) is 18.2 Å². The van der Waals surface area contributed by atoms with Crippen molar-refractivity contribution < 1.29 is 14.3 Å². The third-order valence-corrected chi connectivity index (χ3v) is 7.55. The van der Waals surface area contributed by atoms with E-state index in [2.05, 4.69) is 68.6 Å². The number of rotatable bonds is 7. The predicted octanol–water partition coefficient (Wildman–Crippen LogP) is 6.33. The van der Waals surface area contributed by atoms with Crippen molar-refractivity contribution in [3.63, 3.8) is 0 Å². The molecule has 1 aromatic heterocycles. The largest absolute Gasteiger partial charge is 0.487 e. The molecule has 0 atom stereocenters. The molecule has 2 aliphatic rings. The summed E-state index contributed by atoms with van der Waals surface area (Å²) in [7, 11) is 0. The van der Waals surface area contributed by atoms with Gasteiger partial charge in [-0.3, -0.25) is 10.2 Å². The molecule has 0 bridgehead atoms. The SMILES string of the molecule is [N-]=[N+]=NCOc1cc(OC=N)cc(C(=O)N2CCC3(CC2)Nc2cc(-c4ccccc4)ccc2-n2cccc23)c1. The Balaban J connectivity index is 1.24. The highest BCUT2D eigenvalue weighted by Crippen LogP contribution is 2.44. The van der Waals surface area contributed by atoms with E-state index < -0.39 is 0 Å². The molecule has 2 N–H and O–H groups in total. The fourth-order valence-electron chi connectivity index (χ4n) is 5.66. The maximum absolute atomic E-state index is 13.6. The van der Waals surface area contributed by atoms with E-state index in [0.29, 0.717) is 30.2 Å². The van der Waals surface area contributed by atoms with Gasteiger partial charge in [0.2, 0.25) is 0 Å². The maximum atomic E-state index is 13.6. The number of piperidine rings is 1. The van der Waals surface area contributed by atoms with Gasteiger partial charge in [-0.2, -0.15) is 0 Å². The predicted molar refractivity (Wildman–Crippen MR) is 152 cm³/mol. The topological polar surface area (TPSA) is 128 Å². The Bertz CT molecular complexity index is 1620. The van der Waals surface area contributed by atoms with Gasteiger partial charge in [-0.25, -0.2) is 0 Å². The Hall–Kier alpha value is -5.21. The van der Waals surface area contributed by atoms with Gasteiger partial charge in [0.1, 0.15) is 11.5 Å². The zero-order valence-electron chi connectivity index (χ0n) is 21.7. The van der Waals surface area contributed by atoms with Crippen LogP contribution in [0.15, 0.2) is 90.2 Å². The number of nitrogens with zero attached hydrogens (tertiary/aromatic N) is 5. The molecule has 3 aromatic carbocycles. The van der Waals surface area contributed by atoms with Gasteiger partial charge >= 0.3 is 0 Å². The van der Waals surface area contributed by atoms with Crippen LogP contribution in [0.4, 0.5) is 5.69 Å². The van der Waals surface area contributed by atoms with Gasteiger partial charge in [-0.05, 0) is 65.9 Å². The van der Waals surface area contributed by atoms with Gasteiger partial charge in [0.05, 0.1) is 16.9 Å². The average molecular weight is 534 g/mol. The Morgan fingerprint density at radius 2 is 1.82 bits per heavy atom. The molecule has 10 nitrogen and oxygen atoms in total. The van der Waals surface area contributed by atoms with Gasteiger partial charge in [0, 0.05) is 41.5 Å². The van der Waals surface area contributed by atoms with E-state index in [1.54, 1.807) is 18.2 Å². The first-order chi connectivity index (χ1) is 19.6. The second-order valence-corrected chi connectivity index (χ2v) is 9.79. The molecule has 1 saturated heterocycles. The minimum absolute atomic E-state index is 0.156. The molecule has 40 heavy (non-hydrogen) atoms. The lowest BCUT2D eigenvalue weighted by Crippen LogP contribution is -2.51. The van der Waals surface area contributed by atoms with Gasteiger partial charge in [-0.1, -0.05) is 41.5 Å². The summed E-state index contributed by atoms with van der Waals surface area (Å²) in [6.45, 7) is 0.883. The van der Waals surface area contributed by atoms with Crippen LogP contribution in [0.25, 0.3) is 27.3 Å². The number of hydrogen-bond acceptors (Lipinski definition) is 6. The van der Waals surface area contributed by atoms with Crippen LogP contribution in [0.3, 0.4) is 0 Å². The Morgan fingerprint density at radius 3 is 2.60 bits per heavy atom. The molecule has 0 unspecified atom stereocenters. The molecule has 1 fully saturated rings. The number of ether oxygens (including phenoxy) is 2. The van der Waals surface area contributed by atoms with E-state index in [4.69, 9.17) is 20.4 Å². The molecule has 0 aliphatic carbocycles. The number of aromatic nitrogens is 1. The molecule has 10 heteroatoms. The monoisotopic (exact) mass is 533 g/mol. The zero-order chi connectivity index (χ0) is 27.5. The van der Waals surface area contributed by atoms with Crippen LogP contribution in [0, 0.1) is 5.41 Å². The van der Waals surface area contributed by atoms with Crippen LogP contribution >= 0.6 is 0 Å². The molecule has 1 amide bonds. The quantitative estimate of drug-likeness (QED) is 0.0945. The van der Waals surface area contributed by atoms with Crippen molar-refractivity contribution in [3.05, 3.63) is 107 Å². The van der Waals surface area contributed by atoms with Crippen molar-refractivity contribution in [3.8, 4) is 28.3 Å². The summed E-state index contributed by atoms with van der Waals surface area (Å²) in [6, 6.07) is 25.8. The van der Waals surface area contributed by atoms with E-state index in [1.807, 2.05) is 23.1 Å². The molecule has 2 aliphatic heterocycles. The zero-order valence-corrected chi connectivity index (χ0v) is 21.7. The lowest BCUT2D eigenvalue weighted by Gasteiger charge is -2.46. The second-order valence-electron chi connectivity index (χ2n) is 9.79. The van der Waals surface area contributed by atoms with Gasteiger partial charge < -0.3 is 24.3 Å². The van der Waals surface area contributed by atoms with Crippen LogP contribution < -0.4 is 14.8 Å². The number of carbonyl (C=O) groups is 1. The Kier molecular flexibility index (Phi) is 6.59. The van der Waals surface area contributed by atoms with E-state index in [9.17, 15) is 4.79 Å². The number of nitrogens with one attached hydrogen (secondary N) is 2. The van der Waals surface area contributed by atoms with Crippen LogP contribution in [0.5, 0.6) is 11.5 Å². The van der Waals surface area contributed by atoms with E-state index >= 15 is 0 Å². The van der Waals surface area contributed by atoms with Crippen molar-refractivity contribution in [1.82, 2.24) is 9.47 Å². The first-order valence-electron chi connectivity index (χ1n) is 13.0. The average Bonchev–Trinajstić information content (AvgIpc) is 3.49. The second kappa shape index (κ2) is 10.5. The number of carbonyl (C=O) groups excluding carboxylic acids is 1. The summed E-state index contributed by atoms with van der Waals surface area (Å²) >= 11 is 0. The summed E-state index contributed by atoms with van der Waals surface area (Å²) in [5.41, 5.74) is 14.3. The Labute approximate surface area is 230 Å². The third kappa shape index (κ3) is 4.61. The molecule has 200 valence electrons. The number of benzene rings is 3. The number of azide groups is 1. The van der Waals surface area contributed by atoms with Gasteiger partial charge in [-0.15, -0.1) is 0 Å². The lowest BCUT2D eigenvalue weighted by atomic mass is 9.82. The molecule has 0 saturated carbocycles. The van der Waals surface area contributed by atoms with Crippen LogP contribution in [-0.4, -0.2) is 41.6 Å². The summed E-state index contributed by atoms with van der Waals surface area (Å²) in [4.78, 5) is 18.1. The van der Waals surface area contributed by atoms with E-state index in [0.717, 1.165) is 41.7 Å². The molecule has 0 radical (unpaired) electrons. The number of hydrogen-bond donors (Lipinski definition) is 2. The minimum atomic E-state index is -0.308. The molecule has 6 rings (SSSR count). The summed E-state index contributed by atoms with van der Waals surface area (Å²) in [6.07, 6.45) is 4.35. The number of amides is 1. The summed E-state index contributed by atoms with van der Waals surface area (Å²) in [5.74, 6) is 0.459. The standard InChI is InChI=1S/C30H27N7O3/c31-19-39-24-15-23(16-25(18-24)40-20-33-35-32)29(38)36-13-10-30(11-14-36)28-7-4-12-37(28)27-9-8-22(17-26(27)34-30)21-5-2-1-3-6-21/h1-9,12,15-19,31,34H,10-11,13-14,20H2. The smallest absolute Gasteiger partial charge is 0.254 e. The highest BCUT2D eigenvalue weighted by Gasteiger charge is 2.42. The molecule has 1 spiro atoms. The Morgan fingerprint density at radius 1 is 1.02 bits per heavy atom. The first kappa shape index (κ1) is 25.1. The third-order valence-electron chi connectivity index (χ3n) is 7.55. The fourth-order valence-corrected chi connectivity index (χ4v) is 5.66. The summed E-state index contributed by atoms with van der Waals surface area (Å²) < 4.78 is 12.9. The van der Waals surface area contributed by atoms with Gasteiger partial charge in [0.25, 0.3) is 5.91 Å². The molecular formula is C30H27N7O3. The fraction of sp³-hybridized carbons (Fsp3) is 0.200. The summed E-state index contributed by atoms with van der Waals surface area (Å²) in [5, 5.41) is 14.5. The van der Waals surface area contributed by atoms with Crippen molar-refractivity contribution in [2.75, 3.05) is 25.1 Å². The molecule has 4 aromatic rings. The molecule has 3 heterocycles. The van der Waals surface area contributed by atoms with Gasteiger partial charge in [0.15, 0.2) is 13.1 Å². The lowest BCUT2D eigenvalue weighted by molar-refractivity contribution is 0.0675. The van der Waals surface area contributed by atoms with Crippen LogP contribution in [0.2, 0.25) is 0 Å². The van der Waals surface area contributed by atoms with E-state index in [1.165, 1.54) is 5.69 Å². The number of anilines is 1. The van der Waals surface area contributed by atoms with Crippen LogP contribution in [0.1, 0.15) is 28.9 Å². The van der Waals surface area contributed by atoms with Crippen LogP contribution in [-0.2, 0) is 5.54 Å². The maximum Gasteiger partial charge on any atom is 0.254 e. The van der Waals surface area contributed by atoms with Crippen molar-refractivity contribution >= 4 is 18.0 Å².